The second-order valence-corrected chi connectivity index (χ2v) is 5.19. The Morgan fingerprint density at radius 1 is 1.32 bits per heavy atom. The topological polar surface area (TPSA) is 89.3 Å². The van der Waals surface area contributed by atoms with Crippen molar-refractivity contribution < 1.29 is 19.4 Å². The molecule has 0 unspecified atom stereocenters. The Balaban J connectivity index is 2.08. The zero-order valence-electron chi connectivity index (χ0n) is 12.3. The van der Waals surface area contributed by atoms with E-state index < -0.39 is 5.97 Å². The maximum Gasteiger partial charge on any atom is 0.191 e. The molecule has 0 fully saturated rings. The molecular weight excluding hydrogens is 306 g/mol. The lowest BCUT2D eigenvalue weighted by Crippen LogP contribution is -2.24. The van der Waals surface area contributed by atoms with Gasteiger partial charge in [-0.1, -0.05) is 23.9 Å². The number of aliphatic carboxylic acids is 1. The van der Waals surface area contributed by atoms with Gasteiger partial charge in [-0.25, -0.2) is 0 Å². The van der Waals surface area contributed by atoms with Crippen molar-refractivity contribution in [2.45, 2.75) is 25.2 Å². The van der Waals surface area contributed by atoms with E-state index in [-0.39, 0.29) is 12.4 Å². The van der Waals surface area contributed by atoms with Crippen LogP contribution in [0.3, 0.4) is 0 Å². The number of carbonyl (C=O) groups excluding carboxylic acids is 1. The maximum atomic E-state index is 10.5. The number of benzene rings is 1. The molecule has 0 radical (unpaired) electrons. The highest BCUT2D eigenvalue weighted by molar-refractivity contribution is 7.99. The molecule has 0 aliphatic carbocycles. The predicted octanol–water partition coefficient (Wildman–Crippen LogP) is 0.728. The summed E-state index contributed by atoms with van der Waals surface area (Å²) in [5, 5.41) is 19.1. The van der Waals surface area contributed by atoms with Crippen LogP contribution in [0.1, 0.15) is 12.7 Å². The van der Waals surface area contributed by atoms with Gasteiger partial charge in [-0.15, -0.1) is 10.2 Å². The van der Waals surface area contributed by atoms with Crippen molar-refractivity contribution >= 4 is 17.7 Å². The molecular formula is C14H16N3O4S-. The third-order valence-electron chi connectivity index (χ3n) is 2.85. The molecule has 0 amide bonds. The van der Waals surface area contributed by atoms with Gasteiger partial charge in [0.2, 0.25) is 0 Å². The predicted molar refractivity (Wildman–Crippen MR) is 78.8 cm³/mol. The number of hydrogen-bond donors (Lipinski definition) is 0. The maximum absolute atomic E-state index is 10.5. The lowest BCUT2D eigenvalue weighted by atomic mass is 10.3. The Morgan fingerprint density at radius 3 is 2.68 bits per heavy atom. The fourth-order valence-corrected chi connectivity index (χ4v) is 2.59. The minimum Gasteiger partial charge on any atom is -0.549 e. The van der Waals surface area contributed by atoms with E-state index in [9.17, 15) is 9.90 Å². The Bertz CT molecular complexity index is 645. The van der Waals surface area contributed by atoms with E-state index in [0.29, 0.717) is 29.0 Å². The number of aromatic nitrogens is 3. The number of rotatable bonds is 8. The number of carbonyl (C=O) groups is 1. The molecule has 22 heavy (non-hydrogen) atoms. The number of ether oxygens (including phenoxy) is 2. The molecule has 0 saturated heterocycles. The highest BCUT2D eigenvalue weighted by atomic mass is 32.2. The largest absolute Gasteiger partial charge is 0.549 e. The van der Waals surface area contributed by atoms with Gasteiger partial charge < -0.3 is 23.9 Å². The first kappa shape index (κ1) is 16.2. The highest BCUT2D eigenvalue weighted by Crippen LogP contribution is 2.26. The van der Waals surface area contributed by atoms with Crippen molar-refractivity contribution in [1.29, 1.82) is 0 Å². The first-order valence-electron chi connectivity index (χ1n) is 6.66. The zero-order valence-corrected chi connectivity index (χ0v) is 13.1. The average molecular weight is 322 g/mol. The second kappa shape index (κ2) is 7.69. The number of para-hydroxylation sites is 2. The van der Waals surface area contributed by atoms with Crippen molar-refractivity contribution in [2.24, 2.45) is 0 Å². The van der Waals surface area contributed by atoms with Crippen molar-refractivity contribution in [3.8, 4) is 11.5 Å². The Hall–Kier alpha value is -2.22. The van der Waals surface area contributed by atoms with Crippen LogP contribution in [0.15, 0.2) is 29.4 Å². The Kier molecular flexibility index (Phi) is 5.65. The van der Waals surface area contributed by atoms with Crippen LogP contribution in [0.25, 0.3) is 0 Å². The van der Waals surface area contributed by atoms with Crippen LogP contribution < -0.4 is 14.6 Å². The molecule has 7 nitrogen and oxygen atoms in total. The SMILES string of the molecule is CCn1c(COc2ccccc2OC)nnc1SCC(=O)[O-]. The molecule has 2 aromatic rings. The van der Waals surface area contributed by atoms with Gasteiger partial charge in [0, 0.05) is 12.3 Å². The minimum absolute atomic E-state index is 0.161. The number of nitrogens with zero attached hydrogens (tertiary/aromatic N) is 3. The van der Waals surface area contributed by atoms with Gasteiger partial charge >= 0.3 is 0 Å². The van der Waals surface area contributed by atoms with Crippen LogP contribution in [0.5, 0.6) is 11.5 Å². The molecule has 118 valence electrons. The standard InChI is InChI=1S/C14H17N3O4S/c1-3-17-12(15-16-14(17)22-9-13(18)19)8-21-11-7-5-4-6-10(11)20-2/h4-7H,3,8-9H2,1-2H3,(H,18,19)/p-1. The van der Waals surface area contributed by atoms with E-state index in [2.05, 4.69) is 10.2 Å². The minimum atomic E-state index is -1.14. The Morgan fingerprint density at radius 2 is 2.05 bits per heavy atom. The first-order valence-corrected chi connectivity index (χ1v) is 7.64. The molecule has 8 heteroatoms. The fourth-order valence-electron chi connectivity index (χ4n) is 1.85. The van der Waals surface area contributed by atoms with E-state index in [1.54, 1.807) is 19.2 Å². The van der Waals surface area contributed by atoms with Gasteiger partial charge in [-0.3, -0.25) is 0 Å². The van der Waals surface area contributed by atoms with Crippen molar-refractivity contribution in [3.05, 3.63) is 30.1 Å². The van der Waals surface area contributed by atoms with E-state index in [1.807, 2.05) is 23.6 Å². The lowest BCUT2D eigenvalue weighted by molar-refractivity contribution is -0.301. The quantitative estimate of drug-likeness (QED) is 0.662. The molecule has 0 aliphatic heterocycles. The van der Waals surface area contributed by atoms with Gasteiger partial charge in [0.05, 0.1) is 13.1 Å². The molecule has 0 atom stereocenters. The summed E-state index contributed by atoms with van der Waals surface area (Å²) in [6.07, 6.45) is 0. The summed E-state index contributed by atoms with van der Waals surface area (Å²) in [6.45, 7) is 2.76. The van der Waals surface area contributed by atoms with Crippen LogP contribution in [0.2, 0.25) is 0 Å². The molecule has 0 saturated carbocycles. The fraction of sp³-hybridized carbons (Fsp3) is 0.357. The normalized spacial score (nSPS) is 10.5. The summed E-state index contributed by atoms with van der Waals surface area (Å²) in [5.74, 6) is 0.568. The lowest BCUT2D eigenvalue weighted by Gasteiger charge is -2.11. The third kappa shape index (κ3) is 3.91. The molecule has 1 heterocycles. The highest BCUT2D eigenvalue weighted by Gasteiger charge is 2.13. The molecule has 2 rings (SSSR count). The third-order valence-corrected chi connectivity index (χ3v) is 3.79. The monoisotopic (exact) mass is 322 g/mol. The van der Waals surface area contributed by atoms with Crippen molar-refractivity contribution in [1.82, 2.24) is 14.8 Å². The molecule has 0 aliphatic rings. The number of carboxylic acid groups (broad SMARTS) is 1. The summed E-state index contributed by atoms with van der Waals surface area (Å²) in [7, 11) is 1.57. The van der Waals surface area contributed by atoms with E-state index in [4.69, 9.17) is 9.47 Å². The summed E-state index contributed by atoms with van der Waals surface area (Å²) >= 11 is 1.08. The van der Waals surface area contributed by atoms with Crippen molar-refractivity contribution in [2.75, 3.05) is 12.9 Å². The number of thioether (sulfide) groups is 1. The smallest absolute Gasteiger partial charge is 0.191 e. The van der Waals surface area contributed by atoms with Gasteiger partial charge in [-0.2, -0.15) is 0 Å². The summed E-state index contributed by atoms with van der Waals surface area (Å²) in [6, 6.07) is 7.32. The van der Waals surface area contributed by atoms with E-state index in [1.165, 1.54) is 0 Å². The summed E-state index contributed by atoms with van der Waals surface area (Å²) < 4.78 is 12.7. The number of methoxy groups -OCH3 is 1. The van der Waals surface area contributed by atoms with Crippen LogP contribution in [-0.2, 0) is 17.9 Å². The van der Waals surface area contributed by atoms with Crippen LogP contribution in [-0.4, -0.2) is 33.6 Å². The van der Waals surface area contributed by atoms with Crippen LogP contribution in [0, 0.1) is 0 Å². The van der Waals surface area contributed by atoms with Crippen LogP contribution in [0.4, 0.5) is 0 Å². The average Bonchev–Trinajstić information content (AvgIpc) is 2.93. The Labute approximate surface area is 132 Å². The molecule has 0 N–H and O–H groups in total. The zero-order chi connectivity index (χ0) is 15.9. The van der Waals surface area contributed by atoms with Crippen LogP contribution >= 0.6 is 11.8 Å². The van der Waals surface area contributed by atoms with Gasteiger partial charge in [0.1, 0.15) is 6.61 Å². The second-order valence-electron chi connectivity index (χ2n) is 4.24. The van der Waals surface area contributed by atoms with E-state index >= 15 is 0 Å². The number of carboxylic acids is 1. The van der Waals surface area contributed by atoms with E-state index in [0.717, 1.165) is 11.8 Å². The number of hydrogen-bond acceptors (Lipinski definition) is 7. The summed E-state index contributed by atoms with van der Waals surface area (Å²) in [4.78, 5) is 10.5. The molecule has 0 spiro atoms. The van der Waals surface area contributed by atoms with Crippen molar-refractivity contribution in [3.63, 3.8) is 0 Å². The van der Waals surface area contributed by atoms with Gasteiger partial charge in [-0.05, 0) is 19.1 Å². The van der Waals surface area contributed by atoms with Gasteiger partial charge in [0.25, 0.3) is 0 Å². The molecule has 0 bridgehead atoms. The molecule has 1 aromatic heterocycles. The molecule has 1 aromatic carbocycles. The summed E-state index contributed by atoms with van der Waals surface area (Å²) in [5.41, 5.74) is 0. The first-order chi connectivity index (χ1) is 10.7. The van der Waals surface area contributed by atoms with Gasteiger partial charge in [0.15, 0.2) is 22.5 Å².